The molecule has 3 N–H and O–H groups in total. The first-order chi connectivity index (χ1) is 9.20. The Kier molecular flexibility index (Phi) is 5.24. The Morgan fingerprint density at radius 1 is 1.53 bits per heavy atom. The number of nitrogens with one attached hydrogen (secondary N) is 1. The van der Waals surface area contributed by atoms with Gasteiger partial charge in [-0.3, -0.25) is 10.1 Å². The lowest BCUT2D eigenvalue weighted by Crippen LogP contribution is -2.37. The zero-order chi connectivity index (χ0) is 13.7. The van der Waals surface area contributed by atoms with Crippen LogP contribution in [-0.2, 0) is 9.53 Å². The molecule has 0 bridgehead atoms. The van der Waals surface area contributed by atoms with Gasteiger partial charge in [0.15, 0.2) is 0 Å². The van der Waals surface area contributed by atoms with Crippen molar-refractivity contribution in [1.29, 1.82) is 0 Å². The molecule has 5 heteroatoms. The fraction of sp³-hybridized carbons (Fsp3) is 0.500. The van der Waals surface area contributed by atoms with Gasteiger partial charge < -0.3 is 10.5 Å². The average molecular weight is 280 g/mol. The number of hydrogen-bond acceptors (Lipinski definition) is 4. The van der Waals surface area contributed by atoms with Crippen LogP contribution in [-0.4, -0.2) is 31.4 Å². The molecule has 1 aliphatic heterocycles. The second-order valence-electron chi connectivity index (χ2n) is 4.65. The fourth-order valence-electron chi connectivity index (χ4n) is 2.23. The Morgan fingerprint density at radius 2 is 2.26 bits per heavy atom. The number of primary amides is 1. The largest absolute Gasteiger partial charge is 0.377 e. The van der Waals surface area contributed by atoms with Gasteiger partial charge in [-0.25, -0.2) is 0 Å². The van der Waals surface area contributed by atoms with Gasteiger partial charge in [0.2, 0.25) is 5.91 Å². The number of rotatable bonds is 6. The van der Waals surface area contributed by atoms with Gasteiger partial charge in [-0.05, 0) is 36.8 Å². The van der Waals surface area contributed by atoms with E-state index >= 15 is 0 Å². The van der Waals surface area contributed by atoms with Crippen molar-refractivity contribution >= 4 is 17.7 Å². The summed E-state index contributed by atoms with van der Waals surface area (Å²) in [7, 11) is 0. The Hall–Kier alpha value is -1.04. The van der Waals surface area contributed by atoms with Crippen molar-refractivity contribution in [3.63, 3.8) is 0 Å². The summed E-state index contributed by atoms with van der Waals surface area (Å²) in [5.74, 6) is -0.352. The van der Waals surface area contributed by atoms with E-state index in [1.54, 1.807) is 11.8 Å². The van der Waals surface area contributed by atoms with Crippen molar-refractivity contribution in [2.24, 2.45) is 5.73 Å². The first-order valence-corrected chi connectivity index (χ1v) is 7.71. The van der Waals surface area contributed by atoms with E-state index in [1.807, 2.05) is 30.5 Å². The van der Waals surface area contributed by atoms with Crippen LogP contribution in [0.4, 0.5) is 0 Å². The first kappa shape index (κ1) is 14.4. The van der Waals surface area contributed by atoms with E-state index in [4.69, 9.17) is 10.5 Å². The van der Waals surface area contributed by atoms with Crippen LogP contribution in [0.1, 0.15) is 24.4 Å². The number of carbonyl (C=O) groups excluding carboxylic acids is 1. The molecule has 1 heterocycles. The van der Waals surface area contributed by atoms with Crippen molar-refractivity contribution in [2.75, 3.05) is 19.4 Å². The first-order valence-electron chi connectivity index (χ1n) is 6.49. The van der Waals surface area contributed by atoms with E-state index in [9.17, 15) is 4.79 Å². The maximum absolute atomic E-state index is 11.6. The summed E-state index contributed by atoms with van der Waals surface area (Å²) < 4.78 is 5.54. The summed E-state index contributed by atoms with van der Waals surface area (Å²) in [6.07, 6.45) is 4.36. The van der Waals surface area contributed by atoms with Crippen molar-refractivity contribution < 1.29 is 9.53 Å². The van der Waals surface area contributed by atoms with Crippen LogP contribution in [0.15, 0.2) is 29.2 Å². The molecule has 2 atom stereocenters. The van der Waals surface area contributed by atoms with E-state index in [1.165, 1.54) is 4.90 Å². The molecule has 0 spiro atoms. The summed E-state index contributed by atoms with van der Waals surface area (Å²) >= 11 is 1.67. The van der Waals surface area contributed by atoms with Crippen molar-refractivity contribution in [3.05, 3.63) is 29.8 Å². The van der Waals surface area contributed by atoms with Gasteiger partial charge in [0.05, 0.1) is 6.10 Å². The molecule has 1 saturated heterocycles. The second kappa shape index (κ2) is 6.93. The van der Waals surface area contributed by atoms with Gasteiger partial charge in [0.25, 0.3) is 0 Å². The van der Waals surface area contributed by atoms with Crippen LogP contribution in [0, 0.1) is 0 Å². The smallest absolute Gasteiger partial charge is 0.239 e. The molecule has 19 heavy (non-hydrogen) atoms. The molecule has 0 aliphatic carbocycles. The molecule has 2 unspecified atom stereocenters. The molecule has 1 fully saturated rings. The lowest BCUT2D eigenvalue weighted by molar-refractivity contribution is -0.120. The molecule has 2 rings (SSSR count). The van der Waals surface area contributed by atoms with Gasteiger partial charge in [-0.1, -0.05) is 12.1 Å². The number of thioether (sulfide) groups is 1. The third-order valence-corrected chi connectivity index (χ3v) is 4.05. The highest BCUT2D eigenvalue weighted by molar-refractivity contribution is 7.98. The maximum Gasteiger partial charge on any atom is 0.239 e. The normalized spacial score (nSPS) is 20.4. The van der Waals surface area contributed by atoms with Crippen molar-refractivity contribution in [3.8, 4) is 0 Å². The van der Waals surface area contributed by atoms with E-state index < -0.39 is 6.04 Å². The molecule has 104 valence electrons. The molecule has 0 aromatic heterocycles. The molecule has 4 nitrogen and oxygen atoms in total. The molecule has 0 radical (unpaired) electrons. The quantitative estimate of drug-likeness (QED) is 0.779. The maximum atomic E-state index is 11.6. The summed E-state index contributed by atoms with van der Waals surface area (Å²) in [6, 6.07) is 7.46. The van der Waals surface area contributed by atoms with Crippen LogP contribution < -0.4 is 11.1 Å². The number of benzene rings is 1. The zero-order valence-corrected chi connectivity index (χ0v) is 11.9. The highest BCUT2D eigenvalue weighted by Gasteiger charge is 2.21. The van der Waals surface area contributed by atoms with Gasteiger partial charge in [0.1, 0.15) is 6.04 Å². The lowest BCUT2D eigenvalue weighted by atomic mass is 10.1. The Bertz CT molecular complexity index is 416. The summed E-state index contributed by atoms with van der Waals surface area (Å²) in [4.78, 5) is 12.7. The average Bonchev–Trinajstić information content (AvgIpc) is 2.92. The predicted octanol–water partition coefficient (Wildman–Crippen LogP) is 1.70. The van der Waals surface area contributed by atoms with E-state index in [2.05, 4.69) is 5.32 Å². The number of nitrogens with two attached hydrogens (primary N) is 1. The van der Waals surface area contributed by atoms with Crippen molar-refractivity contribution in [1.82, 2.24) is 5.32 Å². The molecule has 1 amide bonds. The van der Waals surface area contributed by atoms with Crippen LogP contribution in [0.25, 0.3) is 0 Å². The third kappa shape index (κ3) is 3.96. The molecule has 1 aliphatic rings. The monoisotopic (exact) mass is 280 g/mol. The Morgan fingerprint density at radius 3 is 2.79 bits per heavy atom. The Balaban J connectivity index is 1.99. The molecule has 0 saturated carbocycles. The molecular weight excluding hydrogens is 260 g/mol. The summed E-state index contributed by atoms with van der Waals surface area (Å²) in [5.41, 5.74) is 6.38. The molecular formula is C14H20N2O2S. The topological polar surface area (TPSA) is 64.3 Å². The van der Waals surface area contributed by atoms with Crippen molar-refractivity contribution in [2.45, 2.75) is 29.9 Å². The van der Waals surface area contributed by atoms with Crippen LogP contribution in [0.3, 0.4) is 0 Å². The number of ether oxygens (including phenoxy) is 1. The van der Waals surface area contributed by atoms with Crippen LogP contribution >= 0.6 is 11.8 Å². The fourth-order valence-corrected chi connectivity index (χ4v) is 2.64. The van der Waals surface area contributed by atoms with Crippen LogP contribution in [0.2, 0.25) is 0 Å². The molecule has 1 aromatic carbocycles. The lowest BCUT2D eigenvalue weighted by Gasteiger charge is -2.18. The predicted molar refractivity (Wildman–Crippen MR) is 77.1 cm³/mol. The van der Waals surface area contributed by atoms with E-state index in [-0.39, 0.29) is 12.0 Å². The summed E-state index contributed by atoms with van der Waals surface area (Å²) in [6.45, 7) is 1.48. The van der Waals surface area contributed by atoms with Gasteiger partial charge in [-0.15, -0.1) is 11.8 Å². The van der Waals surface area contributed by atoms with Crippen LogP contribution in [0.5, 0.6) is 0 Å². The zero-order valence-electron chi connectivity index (χ0n) is 11.1. The van der Waals surface area contributed by atoms with E-state index in [0.717, 1.165) is 25.0 Å². The number of hydrogen-bond donors (Lipinski definition) is 2. The SMILES string of the molecule is CSc1ccc(C(NCC2CCCO2)C(N)=O)cc1. The molecule has 1 aromatic rings. The number of carbonyl (C=O) groups is 1. The minimum absolute atomic E-state index is 0.201. The summed E-state index contributed by atoms with van der Waals surface area (Å²) in [5, 5.41) is 3.21. The second-order valence-corrected chi connectivity index (χ2v) is 5.53. The number of amides is 1. The highest BCUT2D eigenvalue weighted by atomic mass is 32.2. The van der Waals surface area contributed by atoms with Gasteiger partial charge >= 0.3 is 0 Å². The minimum Gasteiger partial charge on any atom is -0.377 e. The standard InChI is InChI=1S/C14H20N2O2S/c1-19-12-6-4-10(5-7-12)13(14(15)17)16-9-11-3-2-8-18-11/h4-7,11,13,16H,2-3,8-9H2,1H3,(H2,15,17). The van der Waals surface area contributed by atoms with Gasteiger partial charge in [-0.2, -0.15) is 0 Å². The highest BCUT2D eigenvalue weighted by Crippen LogP contribution is 2.20. The Labute approximate surface area is 118 Å². The minimum atomic E-state index is -0.444. The third-order valence-electron chi connectivity index (χ3n) is 3.31. The van der Waals surface area contributed by atoms with Gasteiger partial charge in [0, 0.05) is 18.0 Å². The van der Waals surface area contributed by atoms with E-state index in [0.29, 0.717) is 6.54 Å².